The summed E-state index contributed by atoms with van der Waals surface area (Å²) in [6, 6.07) is 8.36. The van der Waals surface area contributed by atoms with Crippen LogP contribution in [0.25, 0.3) is 0 Å². The fourth-order valence-corrected chi connectivity index (χ4v) is 3.33. The van der Waals surface area contributed by atoms with Crippen molar-refractivity contribution in [3.8, 4) is 0 Å². The first kappa shape index (κ1) is 13.4. The molecule has 1 saturated carbocycles. The average Bonchev–Trinajstić information content (AvgIpc) is 2.80. The summed E-state index contributed by atoms with van der Waals surface area (Å²) in [6.07, 6.45) is 5.86. The average molecular weight is 273 g/mol. The molecule has 0 bridgehead atoms. The molecule has 1 aliphatic carbocycles. The van der Waals surface area contributed by atoms with E-state index < -0.39 is 0 Å². The molecular weight excluding hydrogens is 250 g/mol. The van der Waals surface area contributed by atoms with E-state index in [0.29, 0.717) is 0 Å². The van der Waals surface area contributed by atoms with Crippen molar-refractivity contribution in [3.63, 3.8) is 0 Å². The van der Waals surface area contributed by atoms with Crippen molar-refractivity contribution < 1.29 is 4.79 Å². The van der Waals surface area contributed by atoms with Crippen LogP contribution in [0.5, 0.6) is 0 Å². The van der Waals surface area contributed by atoms with Crippen molar-refractivity contribution in [3.05, 3.63) is 29.8 Å². The molecule has 2 N–H and O–H groups in total. The van der Waals surface area contributed by atoms with Crippen LogP contribution >= 0.6 is 0 Å². The molecule has 0 aromatic heterocycles. The summed E-state index contributed by atoms with van der Waals surface area (Å²) in [5.74, 6) is 0. The fourth-order valence-electron chi connectivity index (χ4n) is 3.33. The van der Waals surface area contributed by atoms with Gasteiger partial charge >= 0.3 is 6.03 Å². The molecule has 0 unspecified atom stereocenters. The smallest absolute Gasteiger partial charge is 0.324 e. The van der Waals surface area contributed by atoms with Crippen molar-refractivity contribution in [2.24, 2.45) is 5.73 Å². The Labute approximate surface area is 120 Å². The molecule has 2 aliphatic rings. The van der Waals surface area contributed by atoms with E-state index >= 15 is 0 Å². The van der Waals surface area contributed by atoms with E-state index in [1.807, 2.05) is 24.1 Å². The van der Waals surface area contributed by atoms with Crippen molar-refractivity contribution in [2.45, 2.75) is 37.6 Å². The molecule has 1 saturated heterocycles. The second-order valence-corrected chi connectivity index (χ2v) is 6.12. The van der Waals surface area contributed by atoms with Gasteiger partial charge in [-0.15, -0.1) is 0 Å². The first-order valence-electron chi connectivity index (χ1n) is 7.52. The van der Waals surface area contributed by atoms with Gasteiger partial charge in [-0.05, 0) is 30.5 Å². The third-order valence-corrected chi connectivity index (χ3v) is 4.72. The Hall–Kier alpha value is -1.55. The van der Waals surface area contributed by atoms with Crippen molar-refractivity contribution in [2.75, 3.05) is 25.0 Å². The maximum absolute atomic E-state index is 12.0. The van der Waals surface area contributed by atoms with Gasteiger partial charge in [0.15, 0.2) is 0 Å². The second kappa shape index (κ2) is 5.09. The minimum atomic E-state index is -0.164. The number of carbonyl (C=O) groups is 1. The molecule has 20 heavy (non-hydrogen) atoms. The van der Waals surface area contributed by atoms with E-state index in [2.05, 4.69) is 12.1 Å². The Morgan fingerprint density at radius 2 is 1.70 bits per heavy atom. The standard InChI is InChI=1S/C16H23N3O/c1-18-11-12-19(15(18)20)14-7-5-13(6-8-14)16(17)9-3-2-4-10-16/h5-8H,2-4,9-12,17H2,1H3. The number of carbonyl (C=O) groups excluding carboxylic acids is 1. The Kier molecular flexibility index (Phi) is 3.42. The SMILES string of the molecule is CN1CCN(c2ccc(C3(N)CCCCC3)cc2)C1=O. The van der Waals surface area contributed by atoms with Crippen molar-refractivity contribution in [1.29, 1.82) is 0 Å². The van der Waals surface area contributed by atoms with Crippen molar-refractivity contribution in [1.82, 2.24) is 4.90 Å². The molecular formula is C16H23N3O. The highest BCUT2D eigenvalue weighted by Crippen LogP contribution is 2.35. The molecule has 1 aliphatic heterocycles. The van der Waals surface area contributed by atoms with E-state index in [4.69, 9.17) is 5.73 Å². The van der Waals surface area contributed by atoms with Gasteiger partial charge in [0.1, 0.15) is 0 Å². The predicted octanol–water partition coefficient (Wildman–Crippen LogP) is 2.68. The number of urea groups is 1. The molecule has 4 heteroatoms. The third kappa shape index (κ3) is 2.29. The number of nitrogens with zero attached hydrogens (tertiary/aromatic N) is 2. The summed E-state index contributed by atoms with van der Waals surface area (Å²) in [5, 5.41) is 0. The van der Waals surface area contributed by atoms with Crippen LogP contribution in [0.2, 0.25) is 0 Å². The largest absolute Gasteiger partial charge is 0.326 e. The molecule has 108 valence electrons. The van der Waals surface area contributed by atoms with Gasteiger partial charge in [-0.1, -0.05) is 31.4 Å². The number of anilines is 1. The second-order valence-electron chi connectivity index (χ2n) is 6.12. The highest BCUT2D eigenvalue weighted by Gasteiger charge is 2.30. The zero-order valence-electron chi connectivity index (χ0n) is 12.1. The highest BCUT2D eigenvalue weighted by atomic mass is 16.2. The normalized spacial score (nSPS) is 22.4. The highest BCUT2D eigenvalue weighted by molar-refractivity contribution is 5.93. The van der Waals surface area contributed by atoms with E-state index in [-0.39, 0.29) is 11.6 Å². The van der Waals surface area contributed by atoms with Gasteiger partial charge in [0.05, 0.1) is 0 Å². The molecule has 0 atom stereocenters. The van der Waals surface area contributed by atoms with Crippen LogP contribution < -0.4 is 10.6 Å². The minimum Gasteiger partial charge on any atom is -0.326 e. The molecule has 3 rings (SSSR count). The molecule has 2 fully saturated rings. The molecule has 2 amide bonds. The number of amides is 2. The van der Waals surface area contributed by atoms with Crippen LogP contribution in [0.15, 0.2) is 24.3 Å². The number of hydrogen-bond donors (Lipinski definition) is 1. The van der Waals surface area contributed by atoms with Gasteiger partial charge in [-0.3, -0.25) is 4.90 Å². The topological polar surface area (TPSA) is 49.6 Å². The zero-order valence-corrected chi connectivity index (χ0v) is 12.1. The van der Waals surface area contributed by atoms with E-state index in [0.717, 1.165) is 31.6 Å². The van der Waals surface area contributed by atoms with Crippen LogP contribution in [0, 0.1) is 0 Å². The zero-order chi connectivity index (χ0) is 14.2. The number of rotatable bonds is 2. The molecule has 1 heterocycles. The lowest BCUT2D eigenvalue weighted by molar-refractivity contribution is 0.229. The van der Waals surface area contributed by atoms with Crippen LogP contribution in [0.1, 0.15) is 37.7 Å². The summed E-state index contributed by atoms with van der Waals surface area (Å²) < 4.78 is 0. The summed E-state index contributed by atoms with van der Waals surface area (Å²) in [7, 11) is 1.84. The Balaban J connectivity index is 1.79. The van der Waals surface area contributed by atoms with Crippen LogP contribution in [0.4, 0.5) is 10.5 Å². The van der Waals surface area contributed by atoms with Gasteiger partial charge in [-0.2, -0.15) is 0 Å². The molecule has 0 spiro atoms. The monoisotopic (exact) mass is 273 g/mol. The first-order valence-corrected chi connectivity index (χ1v) is 7.52. The number of nitrogens with two attached hydrogens (primary N) is 1. The van der Waals surface area contributed by atoms with E-state index in [9.17, 15) is 4.79 Å². The van der Waals surface area contributed by atoms with E-state index in [1.54, 1.807) is 4.90 Å². The number of likely N-dealkylation sites (N-methyl/N-ethyl adjacent to an activating group) is 1. The molecule has 1 aromatic carbocycles. The lowest BCUT2D eigenvalue weighted by Gasteiger charge is -2.34. The number of hydrogen-bond acceptors (Lipinski definition) is 2. The van der Waals surface area contributed by atoms with Gasteiger partial charge < -0.3 is 10.6 Å². The maximum Gasteiger partial charge on any atom is 0.324 e. The van der Waals surface area contributed by atoms with Crippen molar-refractivity contribution >= 4 is 11.7 Å². The molecule has 0 radical (unpaired) electrons. The summed E-state index contributed by atoms with van der Waals surface area (Å²) >= 11 is 0. The quantitative estimate of drug-likeness (QED) is 0.900. The third-order valence-electron chi connectivity index (χ3n) is 4.72. The number of benzene rings is 1. The van der Waals surface area contributed by atoms with Crippen LogP contribution in [-0.4, -0.2) is 31.1 Å². The summed E-state index contributed by atoms with van der Waals surface area (Å²) in [5.41, 5.74) is 8.56. The molecule has 1 aromatic rings. The van der Waals surface area contributed by atoms with Gasteiger partial charge in [0.2, 0.25) is 0 Å². The van der Waals surface area contributed by atoms with Gasteiger partial charge in [0.25, 0.3) is 0 Å². The Morgan fingerprint density at radius 1 is 1.05 bits per heavy atom. The summed E-state index contributed by atoms with van der Waals surface area (Å²) in [4.78, 5) is 15.6. The van der Waals surface area contributed by atoms with E-state index in [1.165, 1.54) is 24.8 Å². The fraction of sp³-hybridized carbons (Fsp3) is 0.562. The Bertz CT molecular complexity index is 491. The lowest BCUT2D eigenvalue weighted by atomic mass is 9.77. The lowest BCUT2D eigenvalue weighted by Crippen LogP contribution is -2.38. The maximum atomic E-state index is 12.0. The molecule has 4 nitrogen and oxygen atoms in total. The first-order chi connectivity index (χ1) is 9.60. The van der Waals surface area contributed by atoms with Gasteiger partial charge in [0, 0.05) is 31.4 Å². The van der Waals surface area contributed by atoms with Gasteiger partial charge in [-0.25, -0.2) is 4.79 Å². The van der Waals surface area contributed by atoms with Crippen LogP contribution in [0.3, 0.4) is 0 Å². The predicted molar refractivity (Wildman–Crippen MR) is 80.8 cm³/mol. The Morgan fingerprint density at radius 3 is 2.25 bits per heavy atom. The van der Waals surface area contributed by atoms with Crippen LogP contribution in [-0.2, 0) is 5.54 Å². The summed E-state index contributed by atoms with van der Waals surface area (Å²) in [6.45, 7) is 1.56. The minimum absolute atomic E-state index is 0.0814.